The number of benzene rings is 1. The van der Waals surface area contributed by atoms with Crippen molar-refractivity contribution >= 4 is 27.3 Å². The Balaban J connectivity index is 2.31. The number of anilines is 1. The summed E-state index contributed by atoms with van der Waals surface area (Å²) in [4.78, 5) is 4.05. The SMILES string of the molecule is Nc1c(Br)cccc1-c1nnc2ccncn12. The first-order valence-corrected chi connectivity index (χ1v) is 5.76. The van der Waals surface area contributed by atoms with Crippen molar-refractivity contribution in [1.82, 2.24) is 19.6 Å². The van der Waals surface area contributed by atoms with Crippen LogP contribution in [-0.2, 0) is 0 Å². The molecular weight excluding hydrogens is 282 g/mol. The van der Waals surface area contributed by atoms with Crippen molar-refractivity contribution < 1.29 is 0 Å². The molecule has 0 saturated heterocycles. The number of rotatable bonds is 1. The molecule has 3 aromatic rings. The lowest BCUT2D eigenvalue weighted by molar-refractivity contribution is 1.08. The molecule has 2 N–H and O–H groups in total. The Labute approximate surface area is 105 Å². The first kappa shape index (κ1) is 10.2. The number of nitrogens with zero attached hydrogens (tertiary/aromatic N) is 4. The first-order chi connectivity index (χ1) is 8.27. The summed E-state index contributed by atoms with van der Waals surface area (Å²) in [6.45, 7) is 0. The molecule has 3 rings (SSSR count). The molecule has 0 aliphatic carbocycles. The monoisotopic (exact) mass is 289 g/mol. The Kier molecular flexibility index (Phi) is 2.29. The minimum Gasteiger partial charge on any atom is -0.397 e. The van der Waals surface area contributed by atoms with Crippen molar-refractivity contribution in [3.05, 3.63) is 41.3 Å². The summed E-state index contributed by atoms with van der Waals surface area (Å²) in [7, 11) is 0. The van der Waals surface area contributed by atoms with Crippen LogP contribution in [0, 0.1) is 0 Å². The van der Waals surface area contributed by atoms with Gasteiger partial charge in [-0.15, -0.1) is 10.2 Å². The summed E-state index contributed by atoms with van der Waals surface area (Å²) >= 11 is 3.40. The lowest BCUT2D eigenvalue weighted by Crippen LogP contribution is -1.96. The van der Waals surface area contributed by atoms with Crippen molar-refractivity contribution in [2.75, 3.05) is 5.73 Å². The van der Waals surface area contributed by atoms with Gasteiger partial charge in [0.25, 0.3) is 0 Å². The molecule has 0 saturated carbocycles. The van der Waals surface area contributed by atoms with E-state index in [1.54, 1.807) is 23.0 Å². The quantitative estimate of drug-likeness (QED) is 0.697. The van der Waals surface area contributed by atoms with Crippen LogP contribution in [-0.4, -0.2) is 19.6 Å². The minimum absolute atomic E-state index is 0.644. The highest BCUT2D eigenvalue weighted by Crippen LogP contribution is 2.30. The molecule has 0 radical (unpaired) electrons. The average molecular weight is 290 g/mol. The van der Waals surface area contributed by atoms with Crippen LogP contribution in [0.15, 0.2) is 41.3 Å². The molecule has 0 unspecified atom stereocenters. The highest BCUT2D eigenvalue weighted by Gasteiger charge is 2.11. The van der Waals surface area contributed by atoms with E-state index in [9.17, 15) is 0 Å². The standard InChI is InChI=1S/C11H8BrN5/c12-8-3-1-2-7(10(8)13)11-16-15-9-4-5-14-6-17(9)11/h1-6H,13H2. The van der Waals surface area contributed by atoms with Gasteiger partial charge in [0.05, 0.1) is 5.69 Å². The minimum atomic E-state index is 0.644. The zero-order chi connectivity index (χ0) is 11.8. The Bertz CT molecular complexity index is 691. The largest absolute Gasteiger partial charge is 0.397 e. The van der Waals surface area contributed by atoms with E-state index in [-0.39, 0.29) is 0 Å². The molecule has 17 heavy (non-hydrogen) atoms. The van der Waals surface area contributed by atoms with E-state index in [1.165, 1.54) is 0 Å². The van der Waals surface area contributed by atoms with Crippen LogP contribution in [0.1, 0.15) is 0 Å². The zero-order valence-electron chi connectivity index (χ0n) is 8.71. The van der Waals surface area contributed by atoms with Crippen molar-refractivity contribution in [3.8, 4) is 11.4 Å². The number of nitrogens with two attached hydrogens (primary N) is 1. The van der Waals surface area contributed by atoms with Gasteiger partial charge in [0.15, 0.2) is 11.5 Å². The normalized spacial score (nSPS) is 10.9. The maximum atomic E-state index is 6.02. The van der Waals surface area contributed by atoms with Crippen molar-refractivity contribution in [3.63, 3.8) is 0 Å². The molecule has 0 aliphatic heterocycles. The Morgan fingerprint density at radius 1 is 1.18 bits per heavy atom. The molecule has 0 atom stereocenters. The number of para-hydroxylation sites is 1. The molecule has 0 aliphatic rings. The third kappa shape index (κ3) is 1.57. The third-order valence-corrected chi connectivity index (χ3v) is 3.20. The van der Waals surface area contributed by atoms with E-state index in [0.717, 1.165) is 15.7 Å². The number of nitrogen functional groups attached to an aromatic ring is 1. The Morgan fingerprint density at radius 3 is 2.94 bits per heavy atom. The molecule has 2 heterocycles. The molecule has 5 nitrogen and oxygen atoms in total. The maximum absolute atomic E-state index is 6.02. The van der Waals surface area contributed by atoms with Crippen LogP contribution in [0.4, 0.5) is 5.69 Å². The summed E-state index contributed by atoms with van der Waals surface area (Å²) in [5.74, 6) is 0.687. The van der Waals surface area contributed by atoms with Gasteiger partial charge < -0.3 is 5.73 Å². The Morgan fingerprint density at radius 2 is 2.06 bits per heavy atom. The average Bonchev–Trinajstić information content (AvgIpc) is 2.77. The highest BCUT2D eigenvalue weighted by molar-refractivity contribution is 9.10. The fraction of sp³-hybridized carbons (Fsp3) is 0. The van der Waals surface area contributed by atoms with Gasteiger partial charge in [0.2, 0.25) is 0 Å². The topological polar surface area (TPSA) is 69.1 Å². The highest BCUT2D eigenvalue weighted by atomic mass is 79.9. The van der Waals surface area contributed by atoms with Crippen LogP contribution in [0.25, 0.3) is 17.0 Å². The van der Waals surface area contributed by atoms with Crippen LogP contribution >= 0.6 is 15.9 Å². The zero-order valence-corrected chi connectivity index (χ0v) is 10.3. The van der Waals surface area contributed by atoms with Crippen LogP contribution in [0.3, 0.4) is 0 Å². The number of aromatic nitrogens is 4. The smallest absolute Gasteiger partial charge is 0.171 e. The van der Waals surface area contributed by atoms with Gasteiger partial charge in [-0.2, -0.15) is 0 Å². The van der Waals surface area contributed by atoms with E-state index in [1.807, 2.05) is 18.2 Å². The molecule has 0 fully saturated rings. The number of hydrogen-bond donors (Lipinski definition) is 1. The summed E-state index contributed by atoms with van der Waals surface area (Å²) < 4.78 is 2.65. The van der Waals surface area contributed by atoms with Gasteiger partial charge in [0, 0.05) is 22.3 Å². The van der Waals surface area contributed by atoms with E-state index in [4.69, 9.17) is 5.73 Å². The number of hydrogen-bond acceptors (Lipinski definition) is 4. The molecule has 0 bridgehead atoms. The van der Waals surface area contributed by atoms with Crippen LogP contribution in [0.5, 0.6) is 0 Å². The second-order valence-corrected chi connectivity index (χ2v) is 4.39. The lowest BCUT2D eigenvalue weighted by atomic mass is 10.2. The number of halogens is 1. The van der Waals surface area contributed by atoms with Gasteiger partial charge in [0.1, 0.15) is 6.33 Å². The van der Waals surface area contributed by atoms with Crippen molar-refractivity contribution in [1.29, 1.82) is 0 Å². The van der Waals surface area contributed by atoms with E-state index in [2.05, 4.69) is 31.1 Å². The second-order valence-electron chi connectivity index (χ2n) is 3.53. The fourth-order valence-corrected chi connectivity index (χ4v) is 2.03. The maximum Gasteiger partial charge on any atom is 0.171 e. The van der Waals surface area contributed by atoms with Crippen LogP contribution in [0.2, 0.25) is 0 Å². The predicted molar refractivity (Wildman–Crippen MR) is 68.3 cm³/mol. The van der Waals surface area contributed by atoms with Crippen molar-refractivity contribution in [2.24, 2.45) is 0 Å². The summed E-state index contributed by atoms with van der Waals surface area (Å²) in [5.41, 5.74) is 8.24. The van der Waals surface area contributed by atoms with Gasteiger partial charge in [-0.1, -0.05) is 6.07 Å². The summed E-state index contributed by atoms with van der Waals surface area (Å²) in [5, 5.41) is 8.21. The van der Waals surface area contributed by atoms with E-state index < -0.39 is 0 Å². The van der Waals surface area contributed by atoms with Gasteiger partial charge in [-0.25, -0.2) is 4.98 Å². The second kappa shape index (κ2) is 3.81. The van der Waals surface area contributed by atoms with Crippen molar-refractivity contribution in [2.45, 2.75) is 0 Å². The predicted octanol–water partition coefficient (Wildman–Crippen LogP) is 2.14. The van der Waals surface area contributed by atoms with E-state index >= 15 is 0 Å². The first-order valence-electron chi connectivity index (χ1n) is 4.96. The Hall–Kier alpha value is -1.95. The molecular formula is C11H8BrN5. The molecule has 1 aromatic carbocycles. The van der Waals surface area contributed by atoms with Crippen LogP contribution < -0.4 is 5.73 Å². The van der Waals surface area contributed by atoms with E-state index in [0.29, 0.717) is 11.5 Å². The lowest BCUT2D eigenvalue weighted by Gasteiger charge is -2.05. The molecule has 0 amide bonds. The summed E-state index contributed by atoms with van der Waals surface area (Å²) in [6.07, 6.45) is 3.35. The van der Waals surface area contributed by atoms with Gasteiger partial charge in [-0.3, -0.25) is 4.40 Å². The molecule has 84 valence electrons. The van der Waals surface area contributed by atoms with Gasteiger partial charge >= 0.3 is 0 Å². The molecule has 6 heteroatoms. The third-order valence-electron chi connectivity index (χ3n) is 2.51. The molecule has 2 aromatic heterocycles. The summed E-state index contributed by atoms with van der Waals surface area (Å²) in [6, 6.07) is 7.50. The number of fused-ring (bicyclic) bond motifs is 1. The molecule has 0 spiro atoms. The van der Waals surface area contributed by atoms with Gasteiger partial charge in [-0.05, 0) is 28.1 Å². The fourth-order valence-electron chi connectivity index (χ4n) is 1.66.